The van der Waals surface area contributed by atoms with Gasteiger partial charge in [-0.25, -0.2) is 9.97 Å². The Morgan fingerprint density at radius 2 is 1.60 bits per heavy atom. The largest absolute Gasteiger partial charge is 0.298 e. The van der Waals surface area contributed by atoms with E-state index >= 15 is 0 Å². The molecule has 0 saturated heterocycles. The quantitative estimate of drug-likeness (QED) is 0.345. The van der Waals surface area contributed by atoms with Gasteiger partial charge in [0.15, 0.2) is 5.82 Å². The van der Waals surface area contributed by atoms with Crippen LogP contribution < -0.4 is 10.9 Å². The fraction of sp³-hybridized carbons (Fsp3) is 0. The van der Waals surface area contributed by atoms with Crippen molar-refractivity contribution in [1.82, 2.24) is 15.4 Å². The van der Waals surface area contributed by atoms with Gasteiger partial charge in [-0.05, 0) is 18.2 Å². The Hall–Kier alpha value is -4.67. The minimum Gasteiger partial charge on any atom is -0.298 e. The minimum absolute atomic E-state index is 0.0553. The summed E-state index contributed by atoms with van der Waals surface area (Å²) in [5.41, 5.74) is 6.47. The molecular weight excluding hydrogens is 392 g/mol. The molecule has 0 unspecified atom stereocenters. The number of hydrogen-bond acceptors (Lipinski definition) is 8. The van der Waals surface area contributed by atoms with Crippen molar-refractivity contribution in [2.75, 3.05) is 5.43 Å². The molecule has 0 aliphatic heterocycles. The van der Waals surface area contributed by atoms with Gasteiger partial charge in [-0.1, -0.05) is 12.1 Å². The SMILES string of the molecule is O=C(/C=C/c1cnc(-c2cccc([N+](=O)[O-])c2)nc1)NNc1ccc([N+](=O)[O-])cc1. The van der Waals surface area contributed by atoms with Crippen LogP contribution in [-0.2, 0) is 4.79 Å². The second-order valence-corrected chi connectivity index (χ2v) is 5.90. The molecule has 3 rings (SSSR count). The molecule has 2 N–H and O–H groups in total. The molecule has 2 aromatic carbocycles. The van der Waals surface area contributed by atoms with Crippen molar-refractivity contribution < 1.29 is 14.6 Å². The van der Waals surface area contributed by atoms with Crippen molar-refractivity contribution in [1.29, 1.82) is 0 Å². The summed E-state index contributed by atoms with van der Waals surface area (Å²) >= 11 is 0. The molecule has 3 aromatic rings. The van der Waals surface area contributed by atoms with Crippen molar-refractivity contribution in [3.8, 4) is 11.4 Å². The van der Waals surface area contributed by atoms with Gasteiger partial charge in [0.25, 0.3) is 17.3 Å². The lowest BCUT2D eigenvalue weighted by molar-refractivity contribution is -0.385. The van der Waals surface area contributed by atoms with Crippen LogP contribution in [0.15, 0.2) is 67.0 Å². The van der Waals surface area contributed by atoms with Crippen LogP contribution in [0.1, 0.15) is 5.56 Å². The minimum atomic E-state index is -0.516. The fourth-order valence-corrected chi connectivity index (χ4v) is 2.35. The lowest BCUT2D eigenvalue weighted by Crippen LogP contribution is -2.27. The number of aromatic nitrogens is 2. The maximum atomic E-state index is 11.9. The second kappa shape index (κ2) is 9.01. The fourth-order valence-electron chi connectivity index (χ4n) is 2.35. The summed E-state index contributed by atoms with van der Waals surface area (Å²) in [6, 6.07) is 11.5. The highest BCUT2D eigenvalue weighted by Crippen LogP contribution is 2.20. The van der Waals surface area contributed by atoms with Crippen LogP contribution in [0.2, 0.25) is 0 Å². The van der Waals surface area contributed by atoms with Gasteiger partial charge in [0.2, 0.25) is 0 Å². The number of nitro groups is 2. The summed E-state index contributed by atoms with van der Waals surface area (Å²) in [6.45, 7) is 0. The average Bonchev–Trinajstić information content (AvgIpc) is 2.77. The van der Waals surface area contributed by atoms with Crippen molar-refractivity contribution in [2.24, 2.45) is 0 Å². The Balaban J connectivity index is 1.58. The number of hydrazine groups is 1. The number of amides is 1. The van der Waals surface area contributed by atoms with Gasteiger partial charge in [-0.2, -0.15) is 0 Å². The predicted molar refractivity (Wildman–Crippen MR) is 108 cm³/mol. The molecule has 150 valence electrons. The monoisotopic (exact) mass is 406 g/mol. The molecule has 0 aliphatic carbocycles. The molecule has 0 bridgehead atoms. The van der Waals surface area contributed by atoms with Gasteiger partial charge >= 0.3 is 0 Å². The van der Waals surface area contributed by atoms with Crippen LogP contribution in [-0.4, -0.2) is 25.7 Å². The van der Waals surface area contributed by atoms with Gasteiger partial charge in [-0.3, -0.25) is 35.9 Å². The molecule has 0 fully saturated rings. The highest BCUT2D eigenvalue weighted by Gasteiger charge is 2.09. The number of nitrogens with zero attached hydrogens (tertiary/aromatic N) is 4. The molecule has 0 radical (unpaired) electrons. The summed E-state index contributed by atoms with van der Waals surface area (Å²) in [4.78, 5) is 40.7. The van der Waals surface area contributed by atoms with Gasteiger partial charge in [-0.15, -0.1) is 0 Å². The van der Waals surface area contributed by atoms with Crippen molar-refractivity contribution >= 4 is 29.0 Å². The molecule has 0 atom stereocenters. The summed E-state index contributed by atoms with van der Waals surface area (Å²) in [5, 5.41) is 21.5. The lowest BCUT2D eigenvalue weighted by Gasteiger charge is -2.05. The van der Waals surface area contributed by atoms with E-state index in [1.165, 1.54) is 60.9 Å². The van der Waals surface area contributed by atoms with E-state index in [1.54, 1.807) is 12.1 Å². The summed E-state index contributed by atoms with van der Waals surface area (Å²) in [6.07, 6.45) is 5.71. The summed E-state index contributed by atoms with van der Waals surface area (Å²) in [7, 11) is 0. The van der Waals surface area contributed by atoms with E-state index in [2.05, 4.69) is 20.8 Å². The molecule has 1 heterocycles. The molecule has 1 aromatic heterocycles. The van der Waals surface area contributed by atoms with E-state index in [0.717, 1.165) is 0 Å². The van der Waals surface area contributed by atoms with E-state index in [4.69, 9.17) is 0 Å². The molecule has 0 saturated carbocycles. The number of anilines is 1. The van der Waals surface area contributed by atoms with Crippen LogP contribution in [0, 0.1) is 20.2 Å². The highest BCUT2D eigenvalue weighted by molar-refractivity contribution is 5.92. The maximum absolute atomic E-state index is 11.9. The number of benzene rings is 2. The smallest absolute Gasteiger partial charge is 0.270 e. The Morgan fingerprint density at radius 1 is 0.933 bits per heavy atom. The number of hydrogen-bond donors (Lipinski definition) is 2. The molecule has 11 heteroatoms. The third kappa shape index (κ3) is 5.19. The molecular formula is C19H14N6O5. The van der Waals surface area contributed by atoms with Crippen LogP contribution in [0.25, 0.3) is 17.5 Å². The Kier molecular flexibility index (Phi) is 6.03. The number of carbonyl (C=O) groups is 1. The number of carbonyl (C=O) groups excluding carboxylic acids is 1. The first-order chi connectivity index (χ1) is 14.4. The van der Waals surface area contributed by atoms with E-state index < -0.39 is 15.8 Å². The van der Waals surface area contributed by atoms with Crippen LogP contribution in [0.3, 0.4) is 0 Å². The molecule has 1 amide bonds. The van der Waals surface area contributed by atoms with Gasteiger partial charge in [0.1, 0.15) is 0 Å². The first-order valence-corrected chi connectivity index (χ1v) is 8.48. The molecule has 0 aliphatic rings. The lowest BCUT2D eigenvalue weighted by atomic mass is 10.2. The molecule has 30 heavy (non-hydrogen) atoms. The predicted octanol–water partition coefficient (Wildman–Crippen LogP) is 3.12. The standard InChI is InChI=1S/C19H14N6O5/c26-18(23-22-15-5-7-16(8-6-15)24(27)28)9-4-13-11-20-19(21-12-13)14-2-1-3-17(10-14)25(29)30/h1-12,22H,(H,23,26)/b9-4+. The zero-order chi connectivity index (χ0) is 21.5. The van der Waals surface area contributed by atoms with E-state index in [1.807, 2.05) is 0 Å². The third-order valence-electron chi connectivity index (χ3n) is 3.82. The Morgan fingerprint density at radius 3 is 2.23 bits per heavy atom. The zero-order valence-corrected chi connectivity index (χ0v) is 15.3. The zero-order valence-electron chi connectivity index (χ0n) is 15.3. The summed E-state index contributed by atoms with van der Waals surface area (Å²) in [5.74, 6) is -0.142. The number of non-ortho nitro benzene ring substituents is 2. The first-order valence-electron chi connectivity index (χ1n) is 8.48. The van der Waals surface area contributed by atoms with Gasteiger partial charge in [0.05, 0.1) is 15.5 Å². The van der Waals surface area contributed by atoms with Crippen molar-refractivity contribution in [2.45, 2.75) is 0 Å². The molecule has 11 nitrogen and oxygen atoms in total. The highest BCUT2D eigenvalue weighted by atomic mass is 16.6. The van der Waals surface area contributed by atoms with E-state index in [-0.39, 0.29) is 11.4 Å². The third-order valence-corrected chi connectivity index (χ3v) is 3.82. The summed E-state index contributed by atoms with van der Waals surface area (Å²) < 4.78 is 0. The average molecular weight is 406 g/mol. The van der Waals surface area contributed by atoms with Crippen LogP contribution in [0.4, 0.5) is 17.1 Å². The van der Waals surface area contributed by atoms with Gasteiger partial charge in [0, 0.05) is 53.9 Å². The Labute approximate surface area is 169 Å². The van der Waals surface area contributed by atoms with Crippen LogP contribution in [0.5, 0.6) is 0 Å². The van der Waals surface area contributed by atoms with Gasteiger partial charge < -0.3 is 0 Å². The normalized spacial score (nSPS) is 10.5. The number of nitro benzene ring substituents is 2. The number of nitrogens with one attached hydrogen (secondary N) is 2. The topological polar surface area (TPSA) is 153 Å². The first kappa shape index (κ1) is 20.1. The van der Waals surface area contributed by atoms with Crippen molar-refractivity contribution in [3.05, 3.63) is 92.8 Å². The van der Waals surface area contributed by atoms with Crippen LogP contribution >= 0.6 is 0 Å². The maximum Gasteiger partial charge on any atom is 0.270 e. The van der Waals surface area contributed by atoms with Crippen molar-refractivity contribution in [3.63, 3.8) is 0 Å². The second-order valence-electron chi connectivity index (χ2n) is 5.90. The Bertz CT molecular complexity index is 1110. The molecule has 0 spiro atoms. The van der Waals surface area contributed by atoms with E-state index in [9.17, 15) is 25.0 Å². The number of rotatable bonds is 7. The van der Waals surface area contributed by atoms with E-state index in [0.29, 0.717) is 22.6 Å².